The van der Waals surface area contributed by atoms with Crippen molar-refractivity contribution >= 4 is 21.9 Å². The van der Waals surface area contributed by atoms with E-state index in [1.54, 1.807) is 18.2 Å². The van der Waals surface area contributed by atoms with Gasteiger partial charge < -0.3 is 14.9 Å². The van der Waals surface area contributed by atoms with E-state index in [2.05, 4.69) is 15.9 Å². The van der Waals surface area contributed by atoms with Gasteiger partial charge in [-0.2, -0.15) is 0 Å². The molecule has 0 saturated heterocycles. The zero-order valence-electron chi connectivity index (χ0n) is 9.52. The van der Waals surface area contributed by atoms with Gasteiger partial charge in [0.15, 0.2) is 6.10 Å². The molecule has 0 bridgehead atoms. The third-order valence-electron chi connectivity index (χ3n) is 2.29. The number of carbonyl (C=O) groups is 1. The molecule has 0 fully saturated rings. The topological polar surface area (TPSA) is 66.8 Å². The Hall–Kier alpha value is -1.07. The van der Waals surface area contributed by atoms with Crippen molar-refractivity contribution < 1.29 is 19.7 Å². The van der Waals surface area contributed by atoms with Crippen molar-refractivity contribution in [2.24, 2.45) is 0 Å². The van der Waals surface area contributed by atoms with Gasteiger partial charge in [0.05, 0.1) is 6.61 Å². The third kappa shape index (κ3) is 4.02. The summed E-state index contributed by atoms with van der Waals surface area (Å²) in [4.78, 5) is 10.9. The van der Waals surface area contributed by atoms with Crippen LogP contribution in [0.5, 0.6) is 5.75 Å². The summed E-state index contributed by atoms with van der Waals surface area (Å²) in [7, 11) is 0. The van der Waals surface area contributed by atoms with Crippen LogP contribution in [0.15, 0.2) is 22.7 Å². The lowest BCUT2D eigenvalue weighted by molar-refractivity contribution is -0.145. The van der Waals surface area contributed by atoms with Crippen molar-refractivity contribution in [1.29, 1.82) is 0 Å². The van der Waals surface area contributed by atoms with E-state index >= 15 is 0 Å². The first-order valence-corrected chi connectivity index (χ1v) is 6.16. The second-order valence-electron chi connectivity index (χ2n) is 3.64. The Balaban J connectivity index is 2.82. The Morgan fingerprint density at radius 2 is 2.24 bits per heavy atom. The molecule has 94 valence electrons. The third-order valence-corrected chi connectivity index (χ3v) is 3.07. The number of aliphatic hydroxyl groups excluding tert-OH is 1. The van der Waals surface area contributed by atoms with E-state index in [-0.39, 0.29) is 6.61 Å². The van der Waals surface area contributed by atoms with E-state index in [9.17, 15) is 4.79 Å². The largest absolute Gasteiger partial charge is 0.479 e. The fourth-order valence-corrected chi connectivity index (χ4v) is 1.78. The Labute approximate surface area is 108 Å². The molecule has 1 aromatic carbocycles. The highest BCUT2D eigenvalue weighted by atomic mass is 79.9. The number of aliphatic carboxylic acids is 1. The lowest BCUT2D eigenvalue weighted by Crippen LogP contribution is -2.26. The Kier molecular flexibility index (Phi) is 5.44. The summed E-state index contributed by atoms with van der Waals surface area (Å²) in [5.74, 6) is -0.515. The molecule has 5 heteroatoms. The normalized spacial score (nSPS) is 12.2. The van der Waals surface area contributed by atoms with Gasteiger partial charge in [0, 0.05) is 4.47 Å². The maximum absolute atomic E-state index is 10.9. The summed E-state index contributed by atoms with van der Waals surface area (Å²) in [6.07, 6.45) is 0.355. The van der Waals surface area contributed by atoms with Crippen LogP contribution in [0.25, 0.3) is 0 Å². The molecule has 0 aromatic heterocycles. The summed E-state index contributed by atoms with van der Waals surface area (Å²) in [5, 5.41) is 18.1. The van der Waals surface area contributed by atoms with Gasteiger partial charge in [-0.05, 0) is 30.2 Å². The summed E-state index contributed by atoms with van der Waals surface area (Å²) >= 11 is 3.28. The molecule has 0 amide bonds. The SMILES string of the molecule is CCCC(Oc1ccc(Br)c(CO)c1)C(=O)O. The van der Waals surface area contributed by atoms with Crippen LogP contribution in [-0.4, -0.2) is 22.3 Å². The van der Waals surface area contributed by atoms with Crippen LogP contribution in [0.3, 0.4) is 0 Å². The summed E-state index contributed by atoms with van der Waals surface area (Å²) in [5.41, 5.74) is 0.670. The molecule has 1 rings (SSSR count). The van der Waals surface area contributed by atoms with E-state index in [1.165, 1.54) is 0 Å². The molecule has 1 aromatic rings. The molecule has 0 saturated carbocycles. The molecule has 1 atom stereocenters. The minimum atomic E-state index is -0.972. The van der Waals surface area contributed by atoms with Gasteiger partial charge in [0.2, 0.25) is 0 Å². The van der Waals surface area contributed by atoms with Crippen LogP contribution in [0.1, 0.15) is 25.3 Å². The van der Waals surface area contributed by atoms with Crippen molar-refractivity contribution in [2.45, 2.75) is 32.5 Å². The predicted octanol–water partition coefficient (Wildman–Crippen LogP) is 2.57. The minimum Gasteiger partial charge on any atom is -0.479 e. The van der Waals surface area contributed by atoms with Gasteiger partial charge in [-0.1, -0.05) is 29.3 Å². The fourth-order valence-electron chi connectivity index (χ4n) is 1.40. The van der Waals surface area contributed by atoms with Crippen LogP contribution in [0.2, 0.25) is 0 Å². The number of hydrogen-bond acceptors (Lipinski definition) is 3. The predicted molar refractivity (Wildman–Crippen MR) is 67.0 cm³/mol. The molecule has 0 spiro atoms. The highest BCUT2D eigenvalue weighted by Gasteiger charge is 2.18. The summed E-state index contributed by atoms with van der Waals surface area (Å²) in [6.45, 7) is 1.78. The standard InChI is InChI=1S/C12H15BrO4/c1-2-3-11(12(15)16)17-9-4-5-10(13)8(6-9)7-14/h4-6,11,14H,2-3,7H2,1H3,(H,15,16). The zero-order valence-corrected chi connectivity index (χ0v) is 11.1. The maximum Gasteiger partial charge on any atom is 0.344 e. The fraction of sp³-hybridized carbons (Fsp3) is 0.417. The number of benzene rings is 1. The first-order valence-electron chi connectivity index (χ1n) is 5.37. The van der Waals surface area contributed by atoms with E-state index < -0.39 is 12.1 Å². The number of rotatable bonds is 6. The molecule has 0 radical (unpaired) electrons. The first kappa shape index (κ1) is 14.0. The number of halogens is 1. The van der Waals surface area contributed by atoms with E-state index in [1.807, 2.05) is 6.92 Å². The highest BCUT2D eigenvalue weighted by Crippen LogP contribution is 2.24. The smallest absolute Gasteiger partial charge is 0.344 e. The van der Waals surface area contributed by atoms with E-state index in [0.29, 0.717) is 17.7 Å². The van der Waals surface area contributed by atoms with E-state index in [4.69, 9.17) is 14.9 Å². The molecule has 0 heterocycles. The van der Waals surface area contributed by atoms with Crippen molar-refractivity contribution in [3.8, 4) is 5.75 Å². The Morgan fingerprint density at radius 1 is 1.53 bits per heavy atom. The summed E-state index contributed by atoms with van der Waals surface area (Å²) in [6, 6.07) is 5.04. The molecule has 4 nitrogen and oxygen atoms in total. The molecular formula is C12H15BrO4. The van der Waals surface area contributed by atoms with Gasteiger partial charge in [0.1, 0.15) is 5.75 Å². The molecule has 0 aliphatic rings. The van der Waals surface area contributed by atoms with Crippen LogP contribution in [0.4, 0.5) is 0 Å². The first-order chi connectivity index (χ1) is 8.08. The maximum atomic E-state index is 10.9. The van der Waals surface area contributed by atoms with Crippen molar-refractivity contribution in [3.05, 3.63) is 28.2 Å². The Bertz CT molecular complexity index is 392. The van der Waals surface area contributed by atoms with Gasteiger partial charge in [0.25, 0.3) is 0 Å². The van der Waals surface area contributed by atoms with E-state index in [0.717, 1.165) is 10.9 Å². The van der Waals surface area contributed by atoms with Crippen molar-refractivity contribution in [3.63, 3.8) is 0 Å². The lowest BCUT2D eigenvalue weighted by atomic mass is 10.2. The molecule has 2 N–H and O–H groups in total. The average molecular weight is 303 g/mol. The number of ether oxygens (including phenoxy) is 1. The van der Waals surface area contributed by atoms with Gasteiger partial charge in [-0.15, -0.1) is 0 Å². The second kappa shape index (κ2) is 6.61. The van der Waals surface area contributed by atoms with Crippen LogP contribution < -0.4 is 4.74 Å². The molecule has 1 unspecified atom stereocenters. The van der Waals surface area contributed by atoms with Crippen molar-refractivity contribution in [2.75, 3.05) is 0 Å². The monoisotopic (exact) mass is 302 g/mol. The molecule has 0 aliphatic carbocycles. The highest BCUT2D eigenvalue weighted by molar-refractivity contribution is 9.10. The van der Waals surface area contributed by atoms with Crippen LogP contribution >= 0.6 is 15.9 Å². The van der Waals surface area contributed by atoms with Crippen molar-refractivity contribution in [1.82, 2.24) is 0 Å². The number of hydrogen-bond donors (Lipinski definition) is 2. The van der Waals surface area contributed by atoms with Crippen LogP contribution in [0, 0.1) is 0 Å². The van der Waals surface area contributed by atoms with Crippen LogP contribution in [-0.2, 0) is 11.4 Å². The van der Waals surface area contributed by atoms with Gasteiger partial charge >= 0.3 is 5.97 Å². The summed E-state index contributed by atoms with van der Waals surface area (Å²) < 4.78 is 6.16. The molecule has 0 aliphatic heterocycles. The molecule has 17 heavy (non-hydrogen) atoms. The Morgan fingerprint density at radius 3 is 2.76 bits per heavy atom. The number of carboxylic acids is 1. The zero-order chi connectivity index (χ0) is 12.8. The number of carboxylic acid groups (broad SMARTS) is 1. The van der Waals surface area contributed by atoms with Gasteiger partial charge in [-0.25, -0.2) is 4.79 Å². The quantitative estimate of drug-likeness (QED) is 0.847. The average Bonchev–Trinajstić information content (AvgIpc) is 2.30. The second-order valence-corrected chi connectivity index (χ2v) is 4.50. The minimum absolute atomic E-state index is 0.122. The lowest BCUT2D eigenvalue weighted by Gasteiger charge is -2.15. The van der Waals surface area contributed by atoms with Gasteiger partial charge in [-0.3, -0.25) is 0 Å². The molecular weight excluding hydrogens is 288 g/mol. The number of aliphatic hydroxyl groups is 1.